The maximum absolute atomic E-state index is 12.9. The number of amides is 1. The Morgan fingerprint density at radius 3 is 2.55 bits per heavy atom. The average Bonchev–Trinajstić information content (AvgIpc) is 3.33. The summed E-state index contributed by atoms with van der Waals surface area (Å²) in [6.45, 7) is 1.33. The highest BCUT2D eigenvalue weighted by atomic mass is 32.2. The number of fused-ring (bicyclic) bond motifs is 1. The molecule has 0 atom stereocenters. The minimum atomic E-state index is -3.56. The molecule has 1 aromatic carbocycles. The quantitative estimate of drug-likeness (QED) is 0.745. The molecule has 29 heavy (non-hydrogen) atoms. The van der Waals surface area contributed by atoms with Gasteiger partial charge in [0.15, 0.2) is 0 Å². The van der Waals surface area contributed by atoms with Gasteiger partial charge in [0.25, 0.3) is 0 Å². The Labute approximate surface area is 170 Å². The first-order valence-corrected chi connectivity index (χ1v) is 11.9. The molecule has 0 unspecified atom stereocenters. The fourth-order valence-corrected chi connectivity index (χ4v) is 5.91. The summed E-state index contributed by atoms with van der Waals surface area (Å²) in [5.41, 5.74) is 0.756. The van der Waals surface area contributed by atoms with Crippen molar-refractivity contribution in [1.29, 1.82) is 0 Å². The summed E-state index contributed by atoms with van der Waals surface area (Å²) in [5.74, 6) is -0.0533. The predicted molar refractivity (Wildman–Crippen MR) is 110 cm³/mol. The lowest BCUT2D eigenvalue weighted by molar-refractivity contribution is -0.121. The Kier molecular flexibility index (Phi) is 5.78. The Morgan fingerprint density at radius 2 is 1.83 bits per heavy atom. The van der Waals surface area contributed by atoms with Gasteiger partial charge in [0.05, 0.1) is 15.9 Å². The fraction of sp³-hybridized carbons (Fsp3) is 0.600. The van der Waals surface area contributed by atoms with Crippen molar-refractivity contribution >= 4 is 27.0 Å². The van der Waals surface area contributed by atoms with Gasteiger partial charge in [-0.15, -0.1) is 0 Å². The lowest BCUT2D eigenvalue weighted by Crippen LogP contribution is -2.35. The first kappa shape index (κ1) is 20.2. The monoisotopic (exact) mass is 420 g/mol. The van der Waals surface area contributed by atoms with Crippen LogP contribution < -0.4 is 11.0 Å². The lowest BCUT2D eigenvalue weighted by Gasteiger charge is -2.25. The van der Waals surface area contributed by atoms with Crippen LogP contribution in [0.4, 0.5) is 0 Å². The Bertz CT molecular complexity index is 1040. The molecular weight excluding hydrogens is 392 g/mol. The van der Waals surface area contributed by atoms with E-state index in [-0.39, 0.29) is 35.5 Å². The zero-order valence-corrected chi connectivity index (χ0v) is 17.3. The van der Waals surface area contributed by atoms with Gasteiger partial charge in [-0.05, 0) is 43.9 Å². The van der Waals surface area contributed by atoms with E-state index < -0.39 is 10.0 Å². The van der Waals surface area contributed by atoms with Crippen molar-refractivity contribution in [1.82, 2.24) is 19.2 Å². The molecule has 0 spiro atoms. The number of nitrogens with one attached hydrogen (secondary N) is 2. The summed E-state index contributed by atoms with van der Waals surface area (Å²) in [6, 6.07) is 4.98. The number of hydrogen-bond acceptors (Lipinski definition) is 4. The number of benzene rings is 1. The third-order valence-electron chi connectivity index (χ3n) is 5.98. The van der Waals surface area contributed by atoms with Gasteiger partial charge < -0.3 is 10.3 Å². The molecule has 1 saturated heterocycles. The van der Waals surface area contributed by atoms with Gasteiger partial charge >= 0.3 is 5.69 Å². The van der Waals surface area contributed by atoms with Crippen molar-refractivity contribution in [2.45, 2.75) is 68.8 Å². The lowest BCUT2D eigenvalue weighted by atomic mass is 10.2. The summed E-state index contributed by atoms with van der Waals surface area (Å²) in [7, 11) is -3.56. The molecule has 4 rings (SSSR count). The van der Waals surface area contributed by atoms with Crippen LogP contribution in [0.1, 0.15) is 51.4 Å². The SMILES string of the molecule is O=C(CCn1c(=O)[nH]c2cc(S(=O)(=O)N3CCCCC3)ccc21)NC1CCCC1. The molecule has 0 radical (unpaired) electrons. The van der Waals surface area contributed by atoms with Crippen LogP contribution in [-0.4, -0.2) is 47.3 Å². The van der Waals surface area contributed by atoms with Crippen LogP contribution in [0.2, 0.25) is 0 Å². The summed E-state index contributed by atoms with van der Waals surface area (Å²) in [6.07, 6.45) is 7.35. The van der Waals surface area contributed by atoms with E-state index in [4.69, 9.17) is 0 Å². The zero-order chi connectivity index (χ0) is 20.4. The number of nitrogens with zero attached hydrogens (tertiary/aromatic N) is 2. The topological polar surface area (TPSA) is 104 Å². The molecule has 1 aliphatic carbocycles. The van der Waals surface area contributed by atoms with Crippen LogP contribution in [0.15, 0.2) is 27.9 Å². The second-order valence-corrected chi connectivity index (χ2v) is 9.96. The molecule has 1 amide bonds. The Balaban J connectivity index is 1.50. The highest BCUT2D eigenvalue weighted by Gasteiger charge is 2.26. The largest absolute Gasteiger partial charge is 0.353 e. The van der Waals surface area contributed by atoms with E-state index in [0.29, 0.717) is 24.1 Å². The second kappa shape index (κ2) is 8.31. The predicted octanol–water partition coefficient (Wildman–Crippen LogP) is 1.95. The van der Waals surface area contributed by atoms with Crippen LogP contribution in [0.25, 0.3) is 11.0 Å². The number of hydrogen-bond donors (Lipinski definition) is 2. The second-order valence-electron chi connectivity index (χ2n) is 8.02. The van der Waals surface area contributed by atoms with Gasteiger partial charge in [0.1, 0.15) is 0 Å². The van der Waals surface area contributed by atoms with Gasteiger partial charge in [-0.1, -0.05) is 19.3 Å². The number of carbonyl (C=O) groups is 1. The molecule has 2 aromatic rings. The number of rotatable bonds is 6. The van der Waals surface area contributed by atoms with Crippen molar-refractivity contribution < 1.29 is 13.2 Å². The third-order valence-corrected chi connectivity index (χ3v) is 7.88. The van der Waals surface area contributed by atoms with E-state index in [2.05, 4.69) is 10.3 Å². The average molecular weight is 421 g/mol. The summed E-state index contributed by atoms with van der Waals surface area (Å²) in [4.78, 5) is 27.5. The molecule has 9 heteroatoms. The number of aromatic amines is 1. The van der Waals surface area contributed by atoms with Crippen LogP contribution in [0.3, 0.4) is 0 Å². The highest BCUT2D eigenvalue weighted by Crippen LogP contribution is 2.23. The number of H-pyrrole nitrogens is 1. The summed E-state index contributed by atoms with van der Waals surface area (Å²) in [5, 5.41) is 3.02. The highest BCUT2D eigenvalue weighted by molar-refractivity contribution is 7.89. The first-order chi connectivity index (χ1) is 13.9. The molecule has 2 N–H and O–H groups in total. The number of aryl methyl sites for hydroxylation is 1. The zero-order valence-electron chi connectivity index (χ0n) is 16.5. The molecule has 2 fully saturated rings. The van der Waals surface area contributed by atoms with E-state index in [1.54, 1.807) is 12.1 Å². The van der Waals surface area contributed by atoms with Gasteiger partial charge in [-0.25, -0.2) is 13.2 Å². The van der Waals surface area contributed by atoms with Crippen molar-refractivity contribution in [2.24, 2.45) is 0 Å². The normalized spacial score (nSPS) is 19.0. The molecular formula is C20H28N4O4S. The van der Waals surface area contributed by atoms with Gasteiger partial charge in [0.2, 0.25) is 15.9 Å². The van der Waals surface area contributed by atoms with Gasteiger partial charge in [0, 0.05) is 32.1 Å². The molecule has 1 saturated carbocycles. The molecule has 2 heterocycles. The van der Waals surface area contributed by atoms with E-state index >= 15 is 0 Å². The van der Waals surface area contributed by atoms with Crippen molar-refractivity contribution in [2.75, 3.05) is 13.1 Å². The minimum Gasteiger partial charge on any atom is -0.353 e. The fourth-order valence-electron chi connectivity index (χ4n) is 4.36. The van der Waals surface area contributed by atoms with Crippen LogP contribution in [-0.2, 0) is 21.4 Å². The smallest absolute Gasteiger partial charge is 0.326 e. The van der Waals surface area contributed by atoms with E-state index in [0.717, 1.165) is 44.9 Å². The summed E-state index contributed by atoms with van der Waals surface area (Å²) < 4.78 is 28.8. The number of sulfonamides is 1. The van der Waals surface area contributed by atoms with E-state index in [9.17, 15) is 18.0 Å². The van der Waals surface area contributed by atoms with Crippen LogP contribution in [0, 0.1) is 0 Å². The third kappa shape index (κ3) is 4.25. The number of carbonyl (C=O) groups excluding carboxylic acids is 1. The molecule has 158 valence electrons. The summed E-state index contributed by atoms with van der Waals surface area (Å²) >= 11 is 0. The van der Waals surface area contributed by atoms with E-state index in [1.165, 1.54) is 14.9 Å². The van der Waals surface area contributed by atoms with Crippen molar-refractivity contribution in [3.05, 3.63) is 28.7 Å². The maximum Gasteiger partial charge on any atom is 0.326 e. The van der Waals surface area contributed by atoms with Crippen LogP contribution >= 0.6 is 0 Å². The molecule has 8 nitrogen and oxygen atoms in total. The van der Waals surface area contributed by atoms with Gasteiger partial charge in [-0.2, -0.15) is 4.31 Å². The molecule has 0 bridgehead atoms. The Hall–Kier alpha value is -2.13. The standard InChI is InChI=1S/C20H28N4O4S/c25-19(21-15-6-2-3-7-15)10-13-24-18-9-8-16(14-17(18)22-20(24)26)29(27,28)23-11-4-1-5-12-23/h8-9,14-15H,1-7,10-13H2,(H,21,25)(H,22,26). The maximum atomic E-state index is 12.9. The van der Waals surface area contributed by atoms with Crippen molar-refractivity contribution in [3.63, 3.8) is 0 Å². The Morgan fingerprint density at radius 1 is 1.10 bits per heavy atom. The molecule has 2 aliphatic rings. The number of piperidine rings is 1. The van der Waals surface area contributed by atoms with Gasteiger partial charge in [-0.3, -0.25) is 9.36 Å². The van der Waals surface area contributed by atoms with E-state index in [1.807, 2.05) is 0 Å². The number of imidazole rings is 1. The molecule has 1 aliphatic heterocycles. The van der Waals surface area contributed by atoms with Crippen LogP contribution in [0.5, 0.6) is 0 Å². The molecule has 1 aromatic heterocycles. The number of aromatic nitrogens is 2. The first-order valence-electron chi connectivity index (χ1n) is 10.5. The minimum absolute atomic E-state index is 0.0533. The van der Waals surface area contributed by atoms with Crippen molar-refractivity contribution in [3.8, 4) is 0 Å².